The van der Waals surface area contributed by atoms with Gasteiger partial charge in [0.05, 0.1) is 36.2 Å². The van der Waals surface area contributed by atoms with E-state index < -0.39 is 12.1 Å². The van der Waals surface area contributed by atoms with Gasteiger partial charge in [0.1, 0.15) is 11.6 Å². The summed E-state index contributed by atoms with van der Waals surface area (Å²) in [6.45, 7) is 4.66. The van der Waals surface area contributed by atoms with Gasteiger partial charge in [0, 0.05) is 11.1 Å². The van der Waals surface area contributed by atoms with Crippen molar-refractivity contribution >= 4 is 5.97 Å². The first-order chi connectivity index (χ1) is 14.9. The van der Waals surface area contributed by atoms with Crippen molar-refractivity contribution in [2.75, 3.05) is 6.61 Å². The first-order valence-corrected chi connectivity index (χ1v) is 10.4. The molecular weight excluding hydrogens is 399 g/mol. The van der Waals surface area contributed by atoms with E-state index in [0.717, 1.165) is 12.8 Å². The minimum atomic E-state index is -1.05. The van der Waals surface area contributed by atoms with Crippen molar-refractivity contribution in [2.45, 2.75) is 45.8 Å². The van der Waals surface area contributed by atoms with E-state index >= 15 is 0 Å². The number of hydrogen-bond donors (Lipinski definition) is 2. The van der Waals surface area contributed by atoms with Crippen LogP contribution in [0.15, 0.2) is 48.5 Å². The maximum atomic E-state index is 13.9. The number of rotatable bonds is 10. The Labute approximate surface area is 180 Å². The number of aliphatic hydroxyl groups excluding tert-OH is 1. The molecule has 0 spiro atoms. The van der Waals surface area contributed by atoms with Gasteiger partial charge in [-0.3, -0.25) is 4.68 Å². The number of unbranched alkanes of at least 4 members (excludes halogenated alkanes) is 1. The Morgan fingerprint density at radius 2 is 2.00 bits per heavy atom. The Bertz CT molecular complexity index is 1050. The minimum absolute atomic E-state index is 0.119. The number of hydrogen-bond acceptors (Lipinski definition) is 4. The molecule has 3 aromatic rings. The predicted octanol–water partition coefficient (Wildman–Crippen LogP) is 5.00. The molecule has 0 unspecified atom stereocenters. The van der Waals surface area contributed by atoms with Crippen LogP contribution >= 0.6 is 0 Å². The molecule has 6 nitrogen and oxygen atoms in total. The Morgan fingerprint density at radius 3 is 2.68 bits per heavy atom. The fraction of sp³-hybridized carbons (Fsp3) is 0.333. The van der Waals surface area contributed by atoms with Gasteiger partial charge in [-0.2, -0.15) is 5.10 Å². The summed E-state index contributed by atoms with van der Waals surface area (Å²) in [5.74, 6) is -0.892. The Morgan fingerprint density at radius 1 is 1.19 bits per heavy atom. The maximum absolute atomic E-state index is 13.9. The lowest BCUT2D eigenvalue weighted by atomic mass is 10.0. The summed E-state index contributed by atoms with van der Waals surface area (Å²) in [5.41, 5.74) is 2.40. The van der Waals surface area contributed by atoms with E-state index in [1.165, 1.54) is 24.3 Å². The van der Waals surface area contributed by atoms with Crippen LogP contribution in [-0.4, -0.2) is 38.7 Å². The molecule has 0 saturated carbocycles. The molecule has 31 heavy (non-hydrogen) atoms. The molecular formula is C24H27FN2O4. The van der Waals surface area contributed by atoms with Crippen LogP contribution in [0, 0.1) is 5.82 Å². The smallest absolute Gasteiger partial charge is 0.335 e. The highest BCUT2D eigenvalue weighted by atomic mass is 19.1. The number of carboxylic acid groups (broad SMARTS) is 1. The highest BCUT2D eigenvalue weighted by Gasteiger charge is 2.18. The number of benzene rings is 2. The number of aromatic nitrogens is 2. The first-order valence-electron chi connectivity index (χ1n) is 10.4. The minimum Gasteiger partial charge on any atom is -0.493 e. The maximum Gasteiger partial charge on any atom is 0.335 e. The Hall–Kier alpha value is -3.19. The Balaban J connectivity index is 2.11. The summed E-state index contributed by atoms with van der Waals surface area (Å²) < 4.78 is 21.4. The van der Waals surface area contributed by atoms with Gasteiger partial charge in [-0.15, -0.1) is 0 Å². The molecule has 7 heteroatoms. The predicted molar refractivity (Wildman–Crippen MR) is 117 cm³/mol. The second kappa shape index (κ2) is 10.2. The van der Waals surface area contributed by atoms with E-state index in [0.29, 0.717) is 41.3 Å². The zero-order valence-corrected chi connectivity index (χ0v) is 17.7. The largest absolute Gasteiger partial charge is 0.493 e. The number of carboxylic acids is 1. The summed E-state index contributed by atoms with van der Waals surface area (Å²) in [7, 11) is 0. The van der Waals surface area contributed by atoms with Crippen molar-refractivity contribution in [1.82, 2.24) is 9.78 Å². The average molecular weight is 426 g/mol. The fourth-order valence-electron chi connectivity index (χ4n) is 3.21. The lowest BCUT2D eigenvalue weighted by Crippen LogP contribution is -2.16. The summed E-state index contributed by atoms with van der Waals surface area (Å²) in [5, 5.41) is 24.3. The van der Waals surface area contributed by atoms with Crippen LogP contribution in [-0.2, 0) is 6.54 Å². The third kappa shape index (κ3) is 5.49. The standard InChI is InChI=1S/C24H27FN2O4/c1-3-5-11-31-23-10-9-17(24(29)30)13-20(23)21-14-22(16-7-6-8-18(25)12-16)27(26-21)15-19(28)4-2/h6-10,12-14,19,28H,3-5,11,15H2,1-2H3,(H,29,30)/t19-/m0/s1. The van der Waals surface area contributed by atoms with E-state index in [2.05, 4.69) is 12.0 Å². The molecule has 164 valence electrons. The summed E-state index contributed by atoms with van der Waals surface area (Å²) >= 11 is 0. The van der Waals surface area contributed by atoms with E-state index in [1.807, 2.05) is 6.92 Å². The normalized spacial score (nSPS) is 12.0. The quantitative estimate of drug-likeness (QED) is 0.446. The van der Waals surface area contributed by atoms with E-state index in [4.69, 9.17) is 4.74 Å². The molecule has 1 atom stereocenters. The van der Waals surface area contributed by atoms with Crippen LogP contribution in [0.1, 0.15) is 43.5 Å². The number of nitrogens with zero attached hydrogens (tertiary/aromatic N) is 2. The summed E-state index contributed by atoms with van der Waals surface area (Å²) in [6, 6.07) is 12.6. The number of aliphatic hydroxyl groups is 1. The number of aromatic carboxylic acids is 1. The highest BCUT2D eigenvalue weighted by molar-refractivity contribution is 5.90. The van der Waals surface area contributed by atoms with E-state index in [-0.39, 0.29) is 17.9 Å². The lowest BCUT2D eigenvalue weighted by Gasteiger charge is -2.12. The molecule has 0 fully saturated rings. The van der Waals surface area contributed by atoms with Crippen molar-refractivity contribution in [3.05, 3.63) is 59.9 Å². The second-order valence-corrected chi connectivity index (χ2v) is 7.39. The van der Waals surface area contributed by atoms with E-state index in [1.54, 1.807) is 28.9 Å². The third-order valence-electron chi connectivity index (χ3n) is 5.01. The lowest BCUT2D eigenvalue weighted by molar-refractivity contribution is 0.0697. The molecule has 0 aliphatic heterocycles. The van der Waals surface area contributed by atoms with Gasteiger partial charge in [0.25, 0.3) is 0 Å². The summed E-state index contributed by atoms with van der Waals surface area (Å²) in [4.78, 5) is 11.5. The van der Waals surface area contributed by atoms with Crippen molar-refractivity contribution in [3.63, 3.8) is 0 Å². The second-order valence-electron chi connectivity index (χ2n) is 7.39. The average Bonchev–Trinajstić information content (AvgIpc) is 3.17. The third-order valence-corrected chi connectivity index (χ3v) is 5.01. The number of halogens is 1. The van der Waals surface area contributed by atoms with Gasteiger partial charge >= 0.3 is 5.97 Å². The van der Waals surface area contributed by atoms with Gasteiger partial charge in [0.2, 0.25) is 0 Å². The van der Waals surface area contributed by atoms with Crippen molar-refractivity contribution < 1.29 is 24.1 Å². The summed E-state index contributed by atoms with van der Waals surface area (Å²) in [6.07, 6.45) is 1.75. The molecule has 2 aromatic carbocycles. The molecule has 2 N–H and O–H groups in total. The van der Waals surface area contributed by atoms with Crippen molar-refractivity contribution in [1.29, 1.82) is 0 Å². The SMILES string of the molecule is CCCCOc1ccc(C(=O)O)cc1-c1cc(-c2cccc(F)c2)n(C[C@@H](O)CC)n1. The van der Waals surface area contributed by atoms with Crippen LogP contribution in [0.3, 0.4) is 0 Å². The molecule has 0 amide bonds. The van der Waals surface area contributed by atoms with E-state index in [9.17, 15) is 19.4 Å². The molecule has 3 rings (SSSR count). The molecule has 0 saturated heterocycles. The van der Waals surface area contributed by atoms with Crippen LogP contribution < -0.4 is 4.74 Å². The highest BCUT2D eigenvalue weighted by Crippen LogP contribution is 2.34. The van der Waals surface area contributed by atoms with Gasteiger partial charge in [-0.1, -0.05) is 32.4 Å². The zero-order chi connectivity index (χ0) is 22.4. The molecule has 1 heterocycles. The number of ether oxygens (including phenoxy) is 1. The Kier molecular flexibility index (Phi) is 7.41. The van der Waals surface area contributed by atoms with Gasteiger partial charge in [-0.05, 0) is 49.2 Å². The first kappa shape index (κ1) is 22.5. The van der Waals surface area contributed by atoms with Crippen molar-refractivity contribution in [2.24, 2.45) is 0 Å². The zero-order valence-electron chi connectivity index (χ0n) is 17.7. The van der Waals surface area contributed by atoms with Crippen LogP contribution in [0.2, 0.25) is 0 Å². The molecule has 0 aliphatic rings. The molecule has 0 bridgehead atoms. The fourth-order valence-corrected chi connectivity index (χ4v) is 3.21. The van der Waals surface area contributed by atoms with Gasteiger partial charge in [0.15, 0.2) is 0 Å². The molecule has 0 aliphatic carbocycles. The van der Waals surface area contributed by atoms with Crippen LogP contribution in [0.25, 0.3) is 22.5 Å². The monoisotopic (exact) mass is 426 g/mol. The van der Waals surface area contributed by atoms with Gasteiger partial charge < -0.3 is 14.9 Å². The van der Waals surface area contributed by atoms with Crippen molar-refractivity contribution in [3.8, 4) is 28.3 Å². The van der Waals surface area contributed by atoms with Crippen LogP contribution in [0.5, 0.6) is 5.75 Å². The molecule has 1 aromatic heterocycles. The molecule has 0 radical (unpaired) electrons. The van der Waals surface area contributed by atoms with Gasteiger partial charge in [-0.25, -0.2) is 9.18 Å². The van der Waals surface area contributed by atoms with Crippen LogP contribution in [0.4, 0.5) is 4.39 Å². The number of carbonyl (C=O) groups is 1. The topological polar surface area (TPSA) is 84.6 Å².